The molecule has 0 aliphatic carbocycles. The molecule has 0 saturated carbocycles. The first-order chi connectivity index (χ1) is 11.0. The zero-order chi connectivity index (χ0) is 16.4. The highest BCUT2D eigenvalue weighted by Gasteiger charge is 2.12. The molecule has 0 saturated heterocycles. The van der Waals surface area contributed by atoms with E-state index < -0.39 is 0 Å². The van der Waals surface area contributed by atoms with Crippen molar-refractivity contribution >= 4 is 34.1 Å². The predicted molar refractivity (Wildman–Crippen MR) is 94.7 cm³/mol. The average Bonchev–Trinajstić information content (AvgIpc) is 2.81. The van der Waals surface area contributed by atoms with Crippen LogP contribution in [0.5, 0.6) is 0 Å². The number of carbonyl (C=O) groups excluding carboxylic acids is 1. The Morgan fingerprint density at radius 1 is 1.17 bits per heavy atom. The molecule has 0 aliphatic rings. The number of benzene rings is 2. The molecule has 1 aromatic heterocycles. The van der Waals surface area contributed by atoms with Gasteiger partial charge in [0.15, 0.2) is 0 Å². The fraction of sp³-hybridized carbons (Fsp3) is 0.167. The molecule has 4 nitrogen and oxygen atoms in total. The Labute approximate surface area is 139 Å². The lowest BCUT2D eigenvalue weighted by Crippen LogP contribution is -2.30. The fourth-order valence-electron chi connectivity index (χ4n) is 2.64. The molecule has 1 amide bonds. The smallest absolute Gasteiger partial charge is 0.242 e. The number of carbonyl (C=O) groups is 1. The van der Waals surface area contributed by atoms with Crippen molar-refractivity contribution in [2.75, 3.05) is 5.43 Å². The number of halogens is 1. The molecule has 118 valence electrons. The summed E-state index contributed by atoms with van der Waals surface area (Å²) in [6, 6.07) is 13.4. The zero-order valence-corrected chi connectivity index (χ0v) is 13.8. The van der Waals surface area contributed by atoms with Crippen LogP contribution in [-0.4, -0.2) is 10.9 Å². The summed E-state index contributed by atoms with van der Waals surface area (Å²) in [5, 5.41) is 1.72. The van der Waals surface area contributed by atoms with Crippen molar-refractivity contribution in [1.29, 1.82) is 0 Å². The van der Waals surface area contributed by atoms with Gasteiger partial charge in [-0.25, -0.2) is 0 Å². The van der Waals surface area contributed by atoms with Crippen molar-refractivity contribution in [3.8, 4) is 0 Å². The SMILES string of the molecule is Cc1ccc2[nH]c(C)c(CC(=O)NNc3cccc(Cl)c3)c2c1. The lowest BCUT2D eigenvalue weighted by molar-refractivity contribution is -0.119. The number of aromatic amines is 1. The third-order valence-electron chi connectivity index (χ3n) is 3.78. The van der Waals surface area contributed by atoms with Crippen LogP contribution in [-0.2, 0) is 11.2 Å². The van der Waals surface area contributed by atoms with Gasteiger partial charge >= 0.3 is 0 Å². The topological polar surface area (TPSA) is 56.9 Å². The van der Waals surface area contributed by atoms with Gasteiger partial charge in [-0.3, -0.25) is 15.6 Å². The van der Waals surface area contributed by atoms with Crippen LogP contribution in [0, 0.1) is 13.8 Å². The lowest BCUT2D eigenvalue weighted by atomic mass is 10.1. The van der Waals surface area contributed by atoms with E-state index in [1.54, 1.807) is 12.1 Å². The minimum absolute atomic E-state index is 0.101. The number of amides is 1. The average molecular weight is 328 g/mol. The van der Waals surface area contributed by atoms with Crippen LogP contribution in [0.1, 0.15) is 16.8 Å². The van der Waals surface area contributed by atoms with E-state index in [0.717, 1.165) is 27.8 Å². The molecule has 0 spiro atoms. The number of aromatic nitrogens is 1. The molecule has 5 heteroatoms. The minimum Gasteiger partial charge on any atom is -0.358 e. The number of anilines is 1. The minimum atomic E-state index is -0.101. The Kier molecular flexibility index (Phi) is 4.26. The summed E-state index contributed by atoms with van der Waals surface area (Å²) < 4.78 is 0. The molecule has 0 aliphatic heterocycles. The van der Waals surface area contributed by atoms with E-state index in [-0.39, 0.29) is 5.91 Å². The fourth-order valence-corrected chi connectivity index (χ4v) is 2.83. The van der Waals surface area contributed by atoms with E-state index in [9.17, 15) is 4.79 Å². The van der Waals surface area contributed by atoms with Crippen molar-refractivity contribution in [3.05, 3.63) is 64.3 Å². The summed E-state index contributed by atoms with van der Waals surface area (Å²) in [4.78, 5) is 15.6. The number of hydrogen-bond acceptors (Lipinski definition) is 2. The second-order valence-electron chi connectivity index (χ2n) is 5.64. The molecule has 0 bridgehead atoms. The van der Waals surface area contributed by atoms with Crippen LogP contribution in [0.25, 0.3) is 10.9 Å². The van der Waals surface area contributed by atoms with Crippen LogP contribution in [0.2, 0.25) is 5.02 Å². The first kappa shape index (κ1) is 15.4. The summed E-state index contributed by atoms with van der Waals surface area (Å²) in [5.41, 5.74) is 10.6. The summed E-state index contributed by atoms with van der Waals surface area (Å²) >= 11 is 5.92. The van der Waals surface area contributed by atoms with Gasteiger partial charge in [-0.2, -0.15) is 0 Å². The highest BCUT2D eigenvalue weighted by Crippen LogP contribution is 2.23. The highest BCUT2D eigenvalue weighted by molar-refractivity contribution is 6.30. The molecule has 3 aromatic rings. The van der Waals surface area contributed by atoms with Gasteiger partial charge in [-0.05, 0) is 49.7 Å². The Balaban J connectivity index is 1.73. The molecular weight excluding hydrogens is 310 g/mol. The molecule has 0 unspecified atom stereocenters. The summed E-state index contributed by atoms with van der Waals surface area (Å²) in [6.45, 7) is 4.04. The molecule has 1 heterocycles. The van der Waals surface area contributed by atoms with Gasteiger partial charge in [0.25, 0.3) is 0 Å². The van der Waals surface area contributed by atoms with Crippen LogP contribution in [0.3, 0.4) is 0 Å². The quantitative estimate of drug-likeness (QED) is 0.631. The Morgan fingerprint density at radius 2 is 2.00 bits per heavy atom. The Hall–Kier alpha value is -2.46. The van der Waals surface area contributed by atoms with Gasteiger partial charge in [0, 0.05) is 21.6 Å². The van der Waals surface area contributed by atoms with Gasteiger partial charge < -0.3 is 4.98 Å². The van der Waals surface area contributed by atoms with Crippen molar-refractivity contribution in [3.63, 3.8) is 0 Å². The van der Waals surface area contributed by atoms with Gasteiger partial charge in [-0.1, -0.05) is 29.3 Å². The van der Waals surface area contributed by atoms with Crippen molar-refractivity contribution in [1.82, 2.24) is 10.4 Å². The number of hydrogen-bond donors (Lipinski definition) is 3. The number of fused-ring (bicyclic) bond motifs is 1. The first-order valence-corrected chi connectivity index (χ1v) is 7.79. The van der Waals surface area contributed by atoms with Crippen LogP contribution < -0.4 is 10.9 Å². The second kappa shape index (κ2) is 6.34. The van der Waals surface area contributed by atoms with E-state index in [0.29, 0.717) is 11.4 Å². The van der Waals surface area contributed by atoms with Crippen molar-refractivity contribution in [2.24, 2.45) is 0 Å². The van der Waals surface area contributed by atoms with E-state index in [4.69, 9.17) is 11.6 Å². The van der Waals surface area contributed by atoms with E-state index in [1.807, 2.05) is 32.0 Å². The Bertz CT molecular complexity index is 870. The van der Waals surface area contributed by atoms with Gasteiger partial charge in [0.1, 0.15) is 0 Å². The highest BCUT2D eigenvalue weighted by atomic mass is 35.5. The predicted octanol–water partition coefficient (Wildman–Crippen LogP) is 4.12. The van der Waals surface area contributed by atoms with Crippen LogP contribution >= 0.6 is 11.6 Å². The van der Waals surface area contributed by atoms with Gasteiger partial charge in [0.05, 0.1) is 12.1 Å². The number of hydrazine groups is 1. The standard InChI is InChI=1S/C18H18ClN3O/c1-11-6-7-17-16(8-11)15(12(2)20-17)10-18(23)22-21-14-5-3-4-13(19)9-14/h3-9,20-21H,10H2,1-2H3,(H,22,23). The summed E-state index contributed by atoms with van der Waals surface area (Å²) in [5.74, 6) is -0.101. The molecule has 23 heavy (non-hydrogen) atoms. The maximum Gasteiger partial charge on any atom is 0.242 e. The molecule has 0 radical (unpaired) electrons. The first-order valence-electron chi connectivity index (χ1n) is 7.41. The van der Waals surface area contributed by atoms with Crippen molar-refractivity contribution < 1.29 is 4.79 Å². The third kappa shape index (κ3) is 3.48. The maximum absolute atomic E-state index is 12.2. The molecule has 3 rings (SSSR count). The lowest BCUT2D eigenvalue weighted by Gasteiger charge is -2.09. The summed E-state index contributed by atoms with van der Waals surface area (Å²) in [6.07, 6.45) is 0.308. The van der Waals surface area contributed by atoms with Crippen LogP contribution in [0.4, 0.5) is 5.69 Å². The molecule has 0 fully saturated rings. The molecule has 0 atom stereocenters. The molecular formula is C18H18ClN3O. The summed E-state index contributed by atoms with van der Waals surface area (Å²) in [7, 11) is 0. The van der Waals surface area contributed by atoms with Crippen molar-refractivity contribution in [2.45, 2.75) is 20.3 Å². The maximum atomic E-state index is 12.2. The number of aryl methyl sites for hydroxylation is 2. The normalized spacial score (nSPS) is 10.7. The Morgan fingerprint density at radius 3 is 2.78 bits per heavy atom. The zero-order valence-electron chi connectivity index (χ0n) is 13.0. The second-order valence-corrected chi connectivity index (χ2v) is 6.07. The number of H-pyrrole nitrogens is 1. The molecule has 3 N–H and O–H groups in total. The largest absolute Gasteiger partial charge is 0.358 e. The van der Waals surface area contributed by atoms with Gasteiger partial charge in [-0.15, -0.1) is 0 Å². The van der Waals surface area contributed by atoms with E-state index in [2.05, 4.69) is 28.0 Å². The number of rotatable bonds is 4. The molecule has 2 aromatic carbocycles. The number of nitrogens with one attached hydrogen (secondary N) is 3. The monoisotopic (exact) mass is 327 g/mol. The van der Waals surface area contributed by atoms with E-state index in [1.165, 1.54) is 5.56 Å². The van der Waals surface area contributed by atoms with Gasteiger partial charge in [0.2, 0.25) is 5.91 Å². The van der Waals surface area contributed by atoms with Crippen LogP contribution in [0.15, 0.2) is 42.5 Å². The van der Waals surface area contributed by atoms with E-state index >= 15 is 0 Å². The third-order valence-corrected chi connectivity index (χ3v) is 4.02.